The van der Waals surface area contributed by atoms with Crippen molar-refractivity contribution in [1.29, 1.82) is 0 Å². The molecule has 0 amide bonds. The van der Waals surface area contributed by atoms with Crippen LogP contribution in [0.4, 0.5) is 29.2 Å². The third kappa shape index (κ3) is 6.22. The van der Waals surface area contributed by atoms with E-state index in [4.69, 9.17) is 17.2 Å². The van der Waals surface area contributed by atoms with E-state index < -0.39 is 16.1 Å². The Balaban J connectivity index is 1.24. The van der Waals surface area contributed by atoms with E-state index in [1.807, 2.05) is 9.80 Å². The van der Waals surface area contributed by atoms with Crippen LogP contribution in [-0.2, 0) is 10.0 Å². The topological polar surface area (TPSA) is 230 Å². The first-order chi connectivity index (χ1) is 20.1. The van der Waals surface area contributed by atoms with Crippen LogP contribution in [0.25, 0.3) is 10.9 Å². The van der Waals surface area contributed by atoms with E-state index in [-0.39, 0.29) is 29.0 Å². The molecule has 6 rings (SSSR count). The summed E-state index contributed by atoms with van der Waals surface area (Å²) in [5.74, 6) is 1.01. The molecule has 0 unspecified atom stereocenters. The molecular weight excluding hydrogens is 560 g/mol. The lowest BCUT2D eigenvalue weighted by Gasteiger charge is -2.36. The van der Waals surface area contributed by atoms with Gasteiger partial charge in [0.2, 0.25) is 17.8 Å². The first kappa shape index (κ1) is 28.0. The molecule has 15 nitrogen and oxygen atoms in total. The second kappa shape index (κ2) is 11.3. The van der Waals surface area contributed by atoms with E-state index in [0.29, 0.717) is 62.3 Å². The Morgan fingerprint density at radius 1 is 0.833 bits per heavy atom. The zero-order valence-corrected chi connectivity index (χ0v) is 23.6. The van der Waals surface area contributed by atoms with Gasteiger partial charge >= 0.3 is 0 Å². The number of sulfonamides is 1. The van der Waals surface area contributed by atoms with Gasteiger partial charge in [-0.3, -0.25) is 9.82 Å². The van der Waals surface area contributed by atoms with Crippen LogP contribution in [0.1, 0.15) is 12.8 Å². The van der Waals surface area contributed by atoms with Crippen molar-refractivity contribution >= 4 is 50.1 Å². The maximum atomic E-state index is 13.0. The van der Waals surface area contributed by atoms with E-state index in [1.54, 1.807) is 36.5 Å². The molecule has 42 heavy (non-hydrogen) atoms. The van der Waals surface area contributed by atoms with Crippen LogP contribution >= 0.6 is 0 Å². The standard InChI is InChI=1S/C26H34N12O3S/c27-16-7-17(28)12-37(11-16)25-32-24(33-26(34-25)38-13-18(29)8-21(39)14-38)31-19-3-5-22(6-4-19)42(40,41)36-20-2-1-15-10-30-35-23(15)9-20/h1-6,9-10,16-18,21,36,39H,7-8,11-14,27-29H2,(H,30,35)(H,31,32,33,34)/t16-,17+,18-,21+/m0/s1. The van der Waals surface area contributed by atoms with Crippen LogP contribution in [0.2, 0.25) is 0 Å². The Hall–Kier alpha value is -4.09. The van der Waals surface area contributed by atoms with Gasteiger partial charge in [0.05, 0.1) is 28.4 Å². The molecule has 4 heterocycles. The van der Waals surface area contributed by atoms with E-state index in [2.05, 4.69) is 35.2 Å². The molecule has 16 heteroatoms. The van der Waals surface area contributed by atoms with Crippen molar-refractivity contribution in [2.45, 2.75) is 42.0 Å². The van der Waals surface area contributed by atoms with Gasteiger partial charge in [-0.25, -0.2) is 8.42 Å². The highest BCUT2D eigenvalue weighted by molar-refractivity contribution is 7.92. The smallest absolute Gasteiger partial charge is 0.261 e. The number of rotatable bonds is 7. The number of hydrogen-bond acceptors (Lipinski definition) is 13. The summed E-state index contributed by atoms with van der Waals surface area (Å²) < 4.78 is 28.7. The van der Waals surface area contributed by atoms with Gasteiger partial charge < -0.3 is 37.4 Å². The number of nitrogens with two attached hydrogens (primary N) is 3. The molecule has 0 bridgehead atoms. The van der Waals surface area contributed by atoms with Crippen molar-refractivity contribution in [3.63, 3.8) is 0 Å². The maximum Gasteiger partial charge on any atom is 0.261 e. The molecule has 2 fully saturated rings. The van der Waals surface area contributed by atoms with Crippen LogP contribution in [0.5, 0.6) is 0 Å². The average Bonchev–Trinajstić information content (AvgIpc) is 3.40. The number of H-pyrrole nitrogens is 1. The molecule has 0 saturated carbocycles. The van der Waals surface area contributed by atoms with Gasteiger partial charge in [-0.15, -0.1) is 0 Å². The first-order valence-electron chi connectivity index (χ1n) is 13.6. The monoisotopic (exact) mass is 594 g/mol. The Morgan fingerprint density at radius 3 is 2.12 bits per heavy atom. The van der Waals surface area contributed by atoms with Crippen molar-refractivity contribution in [3.05, 3.63) is 48.7 Å². The van der Waals surface area contributed by atoms with Gasteiger partial charge in [-0.1, -0.05) is 0 Å². The SMILES string of the molecule is N[C@@H]1C[C@H](N)CN(c2nc(Nc3ccc(S(=O)(=O)Nc4ccc5cn[nH]c5c4)cc3)nc(N3C[C@@H](N)C[C@@H](O)C3)n2)C1. The van der Waals surface area contributed by atoms with Crippen LogP contribution in [0, 0.1) is 0 Å². The summed E-state index contributed by atoms with van der Waals surface area (Å²) in [6.45, 7) is 1.88. The predicted molar refractivity (Wildman–Crippen MR) is 160 cm³/mol. The first-order valence-corrected chi connectivity index (χ1v) is 15.1. The molecule has 0 radical (unpaired) electrons. The Kier molecular flexibility index (Phi) is 7.54. The summed E-state index contributed by atoms with van der Waals surface area (Å²) in [7, 11) is -3.84. The Bertz CT molecular complexity index is 1600. The van der Waals surface area contributed by atoms with Gasteiger partial charge in [-0.05, 0) is 55.3 Å². The number of nitrogens with zero attached hydrogens (tertiary/aromatic N) is 6. The number of benzene rings is 2. The fraction of sp³-hybridized carbons (Fsp3) is 0.385. The van der Waals surface area contributed by atoms with Gasteiger partial charge in [0, 0.05) is 55.4 Å². The van der Waals surface area contributed by atoms with Crippen molar-refractivity contribution in [2.75, 3.05) is 46.0 Å². The number of piperidine rings is 2. The van der Waals surface area contributed by atoms with Crippen LogP contribution < -0.4 is 37.0 Å². The van der Waals surface area contributed by atoms with Crippen LogP contribution in [-0.4, -0.2) is 89.1 Å². The molecule has 2 saturated heterocycles. The minimum Gasteiger partial charge on any atom is -0.391 e. The van der Waals surface area contributed by atoms with E-state index in [0.717, 1.165) is 10.9 Å². The van der Waals surface area contributed by atoms with Gasteiger partial charge in [0.15, 0.2) is 0 Å². The molecule has 4 aromatic rings. The van der Waals surface area contributed by atoms with E-state index in [1.165, 1.54) is 12.1 Å². The highest BCUT2D eigenvalue weighted by Crippen LogP contribution is 2.26. The lowest BCUT2D eigenvalue weighted by Crippen LogP contribution is -2.53. The second-order valence-corrected chi connectivity index (χ2v) is 12.6. The zero-order chi connectivity index (χ0) is 29.4. The van der Waals surface area contributed by atoms with Gasteiger partial charge in [0.1, 0.15) is 0 Å². The number of hydrogen-bond donors (Lipinski definition) is 7. The number of aliphatic hydroxyl groups excluding tert-OH is 1. The summed E-state index contributed by atoms with van der Waals surface area (Å²) in [6.07, 6.45) is 2.26. The second-order valence-electron chi connectivity index (χ2n) is 10.9. The van der Waals surface area contributed by atoms with E-state index in [9.17, 15) is 13.5 Å². The molecule has 0 spiro atoms. The molecule has 2 aliphatic heterocycles. The van der Waals surface area contributed by atoms with Gasteiger partial charge in [-0.2, -0.15) is 20.1 Å². The Morgan fingerprint density at radius 2 is 1.45 bits per heavy atom. The van der Waals surface area contributed by atoms with Crippen molar-refractivity contribution in [3.8, 4) is 0 Å². The highest BCUT2D eigenvalue weighted by atomic mass is 32.2. The van der Waals surface area contributed by atoms with Crippen LogP contribution in [0.15, 0.2) is 53.6 Å². The summed E-state index contributed by atoms with van der Waals surface area (Å²) in [6, 6.07) is 10.9. The van der Waals surface area contributed by atoms with E-state index >= 15 is 0 Å². The fourth-order valence-corrected chi connectivity index (χ4v) is 6.42. The zero-order valence-electron chi connectivity index (χ0n) is 22.8. The third-order valence-corrected chi connectivity index (χ3v) is 8.67. The fourth-order valence-electron chi connectivity index (χ4n) is 5.37. The number of aromatic nitrogens is 5. The number of fused-ring (bicyclic) bond motifs is 1. The molecule has 2 aliphatic rings. The third-order valence-electron chi connectivity index (χ3n) is 7.27. The normalized spacial score (nSPS) is 23.2. The van der Waals surface area contributed by atoms with Crippen molar-refractivity contribution < 1.29 is 13.5 Å². The summed E-state index contributed by atoms with van der Waals surface area (Å²) in [5, 5.41) is 21.1. The molecule has 4 atom stereocenters. The van der Waals surface area contributed by atoms with Gasteiger partial charge in [0.25, 0.3) is 10.0 Å². The molecule has 2 aromatic heterocycles. The van der Waals surface area contributed by atoms with Crippen molar-refractivity contribution in [1.82, 2.24) is 25.1 Å². The quantitative estimate of drug-likeness (QED) is 0.150. The number of nitrogens with one attached hydrogen (secondary N) is 3. The number of aliphatic hydroxyl groups is 1. The molecule has 2 aromatic carbocycles. The molecular formula is C26H34N12O3S. The molecule has 0 aliphatic carbocycles. The minimum atomic E-state index is -3.84. The Labute approximate surface area is 242 Å². The minimum absolute atomic E-state index is 0.0855. The number of aromatic amines is 1. The van der Waals surface area contributed by atoms with Crippen molar-refractivity contribution in [2.24, 2.45) is 17.2 Å². The lowest BCUT2D eigenvalue weighted by atomic mass is 10.0. The summed E-state index contributed by atoms with van der Waals surface area (Å²) in [5.41, 5.74) is 20.3. The highest BCUT2D eigenvalue weighted by Gasteiger charge is 2.29. The summed E-state index contributed by atoms with van der Waals surface area (Å²) >= 11 is 0. The lowest BCUT2D eigenvalue weighted by molar-refractivity contribution is 0.144. The largest absolute Gasteiger partial charge is 0.391 e. The molecule has 222 valence electrons. The average molecular weight is 595 g/mol. The molecule has 10 N–H and O–H groups in total. The number of β-amino-alcohol motifs (C(OH)–C–C–N with tert-alkyl or cyclic N) is 1. The summed E-state index contributed by atoms with van der Waals surface area (Å²) in [4.78, 5) is 17.8. The predicted octanol–water partition coefficient (Wildman–Crippen LogP) is 0.0553. The van der Waals surface area contributed by atoms with Crippen LogP contribution in [0.3, 0.4) is 0 Å². The maximum absolute atomic E-state index is 13.0. The number of anilines is 5.